The van der Waals surface area contributed by atoms with Gasteiger partial charge in [0.25, 0.3) is 0 Å². The molecule has 3 aromatic rings. The Morgan fingerprint density at radius 2 is 1.74 bits per heavy atom. The van der Waals surface area contributed by atoms with Crippen molar-refractivity contribution < 1.29 is 27.4 Å². The molecule has 1 atom stereocenters. The summed E-state index contributed by atoms with van der Waals surface area (Å²) in [7, 11) is 0. The van der Waals surface area contributed by atoms with E-state index in [1.807, 2.05) is 42.5 Å². The standard InChI is InChI=1S/C24H20F3NO3/c25-24(26,27)19-11-9-17(10-12-19)21-8-4-7-18-13-20(31-22(18)21)15-30-23(29)28-14-16-5-2-1-3-6-16/h1-12,20H,13-15H2,(H,28,29). The van der Waals surface area contributed by atoms with Gasteiger partial charge in [-0.15, -0.1) is 0 Å². The number of hydrogen-bond donors (Lipinski definition) is 1. The van der Waals surface area contributed by atoms with Crippen molar-refractivity contribution in [3.63, 3.8) is 0 Å². The lowest BCUT2D eigenvalue weighted by molar-refractivity contribution is -0.137. The van der Waals surface area contributed by atoms with Gasteiger partial charge in [0, 0.05) is 18.5 Å². The van der Waals surface area contributed by atoms with Gasteiger partial charge in [-0.3, -0.25) is 0 Å². The molecule has 0 aromatic heterocycles. The van der Waals surface area contributed by atoms with Crippen molar-refractivity contribution in [1.82, 2.24) is 5.32 Å². The number of nitrogens with one attached hydrogen (secondary N) is 1. The van der Waals surface area contributed by atoms with Crippen LogP contribution in [0.25, 0.3) is 11.1 Å². The Morgan fingerprint density at radius 3 is 2.45 bits per heavy atom. The fourth-order valence-corrected chi connectivity index (χ4v) is 3.49. The zero-order chi connectivity index (χ0) is 21.8. The number of carbonyl (C=O) groups is 1. The molecular formula is C24H20F3NO3. The molecule has 0 saturated carbocycles. The lowest BCUT2D eigenvalue weighted by Gasteiger charge is -2.14. The molecule has 1 N–H and O–H groups in total. The van der Waals surface area contributed by atoms with Crippen LogP contribution >= 0.6 is 0 Å². The molecular weight excluding hydrogens is 407 g/mol. The molecule has 31 heavy (non-hydrogen) atoms. The molecule has 0 saturated heterocycles. The van der Waals surface area contributed by atoms with Crippen molar-refractivity contribution in [3.8, 4) is 16.9 Å². The summed E-state index contributed by atoms with van der Waals surface area (Å²) < 4.78 is 49.7. The molecule has 1 amide bonds. The van der Waals surface area contributed by atoms with Crippen LogP contribution in [0.3, 0.4) is 0 Å². The van der Waals surface area contributed by atoms with Gasteiger partial charge in [-0.2, -0.15) is 13.2 Å². The van der Waals surface area contributed by atoms with Gasteiger partial charge >= 0.3 is 12.3 Å². The molecule has 0 aliphatic carbocycles. The van der Waals surface area contributed by atoms with Crippen LogP contribution in [-0.2, 0) is 23.9 Å². The SMILES string of the molecule is O=C(NCc1ccccc1)OCC1Cc2cccc(-c3ccc(C(F)(F)F)cc3)c2O1. The van der Waals surface area contributed by atoms with Crippen LogP contribution in [-0.4, -0.2) is 18.8 Å². The Hall–Kier alpha value is -3.48. The van der Waals surface area contributed by atoms with Crippen molar-refractivity contribution in [2.75, 3.05) is 6.61 Å². The van der Waals surface area contributed by atoms with E-state index in [1.54, 1.807) is 6.07 Å². The average Bonchev–Trinajstić information content (AvgIpc) is 3.20. The number of ether oxygens (including phenoxy) is 2. The second kappa shape index (κ2) is 8.71. The predicted molar refractivity (Wildman–Crippen MR) is 110 cm³/mol. The van der Waals surface area contributed by atoms with Crippen LogP contribution in [0.5, 0.6) is 5.75 Å². The van der Waals surface area contributed by atoms with Crippen molar-refractivity contribution in [1.29, 1.82) is 0 Å². The van der Waals surface area contributed by atoms with Gasteiger partial charge in [0.1, 0.15) is 18.5 Å². The maximum Gasteiger partial charge on any atom is 0.416 e. The third-order valence-corrected chi connectivity index (χ3v) is 5.03. The van der Waals surface area contributed by atoms with E-state index in [1.165, 1.54) is 12.1 Å². The molecule has 3 aromatic carbocycles. The zero-order valence-electron chi connectivity index (χ0n) is 16.5. The number of fused-ring (bicyclic) bond motifs is 1. The van der Waals surface area contributed by atoms with Crippen LogP contribution in [0, 0.1) is 0 Å². The molecule has 4 rings (SSSR count). The number of alkyl carbamates (subject to hydrolysis) is 1. The minimum absolute atomic E-state index is 0.0712. The van der Waals surface area contributed by atoms with Crippen LogP contribution in [0.1, 0.15) is 16.7 Å². The summed E-state index contributed by atoms with van der Waals surface area (Å²) in [6.45, 7) is 0.436. The summed E-state index contributed by atoms with van der Waals surface area (Å²) in [4.78, 5) is 12.0. The Labute approximate surface area is 177 Å². The van der Waals surface area contributed by atoms with Crippen LogP contribution < -0.4 is 10.1 Å². The van der Waals surface area contributed by atoms with E-state index >= 15 is 0 Å². The highest BCUT2D eigenvalue weighted by Crippen LogP contribution is 2.39. The van der Waals surface area contributed by atoms with E-state index in [4.69, 9.17) is 9.47 Å². The molecule has 160 valence electrons. The number of halogens is 3. The van der Waals surface area contributed by atoms with Gasteiger partial charge < -0.3 is 14.8 Å². The summed E-state index contributed by atoms with van der Waals surface area (Å²) >= 11 is 0. The summed E-state index contributed by atoms with van der Waals surface area (Å²) in [5, 5.41) is 2.69. The number of para-hydroxylation sites is 1. The Kier molecular flexibility index (Phi) is 5.84. The van der Waals surface area contributed by atoms with Gasteiger partial charge in [0.05, 0.1) is 5.56 Å². The number of carbonyl (C=O) groups excluding carboxylic acids is 1. The molecule has 0 bridgehead atoms. The molecule has 0 radical (unpaired) electrons. The quantitative estimate of drug-likeness (QED) is 0.576. The van der Waals surface area contributed by atoms with E-state index in [2.05, 4.69) is 5.32 Å². The second-order valence-electron chi connectivity index (χ2n) is 7.25. The second-order valence-corrected chi connectivity index (χ2v) is 7.25. The van der Waals surface area contributed by atoms with Crippen LogP contribution in [0.2, 0.25) is 0 Å². The Balaban J connectivity index is 1.36. The van der Waals surface area contributed by atoms with E-state index in [0.717, 1.165) is 23.3 Å². The van der Waals surface area contributed by atoms with Gasteiger partial charge in [-0.05, 0) is 28.8 Å². The summed E-state index contributed by atoms with van der Waals surface area (Å²) in [5.74, 6) is 0.612. The van der Waals surface area contributed by atoms with E-state index in [9.17, 15) is 18.0 Å². The normalized spacial score (nSPS) is 15.1. The number of alkyl halides is 3. The van der Waals surface area contributed by atoms with E-state index in [-0.39, 0.29) is 12.7 Å². The lowest BCUT2D eigenvalue weighted by Crippen LogP contribution is -2.29. The monoisotopic (exact) mass is 427 g/mol. The van der Waals surface area contributed by atoms with Crippen LogP contribution in [0.4, 0.5) is 18.0 Å². The highest BCUT2D eigenvalue weighted by atomic mass is 19.4. The van der Waals surface area contributed by atoms with Gasteiger partial charge in [0.15, 0.2) is 0 Å². The largest absolute Gasteiger partial charge is 0.486 e. The third-order valence-electron chi connectivity index (χ3n) is 5.03. The maximum absolute atomic E-state index is 12.8. The Morgan fingerprint density at radius 1 is 1.00 bits per heavy atom. The van der Waals surface area contributed by atoms with Gasteiger partial charge in [-0.1, -0.05) is 60.7 Å². The minimum atomic E-state index is -4.38. The van der Waals surface area contributed by atoms with Crippen molar-refractivity contribution in [2.45, 2.75) is 25.2 Å². The molecule has 4 nitrogen and oxygen atoms in total. The number of hydrogen-bond acceptors (Lipinski definition) is 3. The lowest BCUT2D eigenvalue weighted by atomic mass is 9.99. The third kappa shape index (κ3) is 4.99. The average molecular weight is 427 g/mol. The van der Waals surface area contributed by atoms with Crippen LogP contribution in [0.15, 0.2) is 72.8 Å². The maximum atomic E-state index is 12.8. The first-order valence-corrected chi connectivity index (χ1v) is 9.81. The first kappa shape index (κ1) is 20.8. The fourth-order valence-electron chi connectivity index (χ4n) is 3.49. The molecule has 1 aliphatic rings. The first-order valence-electron chi connectivity index (χ1n) is 9.81. The van der Waals surface area contributed by atoms with Gasteiger partial charge in [-0.25, -0.2) is 4.79 Å². The molecule has 0 fully saturated rings. The van der Waals surface area contributed by atoms with Gasteiger partial charge in [0.2, 0.25) is 0 Å². The topological polar surface area (TPSA) is 47.6 Å². The molecule has 0 spiro atoms. The van der Waals surface area contributed by atoms with Crippen molar-refractivity contribution in [2.24, 2.45) is 0 Å². The highest BCUT2D eigenvalue weighted by Gasteiger charge is 2.31. The smallest absolute Gasteiger partial charge is 0.416 e. The van der Waals surface area contributed by atoms with E-state index < -0.39 is 17.8 Å². The molecule has 1 heterocycles. The summed E-state index contributed by atoms with van der Waals surface area (Å²) in [6.07, 6.45) is -4.72. The highest BCUT2D eigenvalue weighted by molar-refractivity contribution is 5.73. The van der Waals surface area contributed by atoms with Crippen molar-refractivity contribution >= 4 is 6.09 Å². The fraction of sp³-hybridized carbons (Fsp3) is 0.208. The number of amides is 1. The van der Waals surface area contributed by atoms with E-state index in [0.29, 0.717) is 29.8 Å². The molecule has 7 heteroatoms. The number of rotatable bonds is 5. The molecule has 1 unspecified atom stereocenters. The minimum Gasteiger partial charge on any atom is -0.486 e. The number of benzene rings is 3. The van der Waals surface area contributed by atoms with Crippen molar-refractivity contribution in [3.05, 3.63) is 89.5 Å². The zero-order valence-corrected chi connectivity index (χ0v) is 16.5. The first-order chi connectivity index (χ1) is 14.9. The Bertz CT molecular complexity index is 1050. The summed E-state index contributed by atoms with van der Waals surface area (Å²) in [6, 6.07) is 20.0. The predicted octanol–water partition coefficient (Wildman–Crippen LogP) is 5.60. The molecule has 1 aliphatic heterocycles. The summed E-state index contributed by atoms with van der Waals surface area (Å²) in [5.41, 5.74) is 2.53.